The van der Waals surface area contributed by atoms with Crippen LogP contribution in [0.25, 0.3) is 0 Å². The van der Waals surface area contributed by atoms with Gasteiger partial charge in [-0.25, -0.2) is 4.79 Å². The molecule has 1 heterocycles. The number of ether oxygens (including phenoxy) is 1. The Morgan fingerprint density at radius 2 is 2.24 bits per heavy atom. The molecule has 0 radical (unpaired) electrons. The second-order valence-electron chi connectivity index (χ2n) is 5.44. The summed E-state index contributed by atoms with van der Waals surface area (Å²) in [6.07, 6.45) is 1.79. The highest BCUT2D eigenvalue weighted by atomic mass is 16.6. The molecule has 1 atom stereocenters. The summed E-state index contributed by atoms with van der Waals surface area (Å²) in [5.74, 6) is 0. The van der Waals surface area contributed by atoms with Crippen LogP contribution < -0.4 is 5.32 Å². The lowest BCUT2D eigenvalue weighted by Gasteiger charge is -2.23. The van der Waals surface area contributed by atoms with E-state index in [0.717, 1.165) is 25.9 Å². The number of amides is 1. The first kappa shape index (κ1) is 14.3. The lowest BCUT2D eigenvalue weighted by Crippen LogP contribution is -2.40. The van der Waals surface area contributed by atoms with Crippen molar-refractivity contribution in [3.05, 3.63) is 0 Å². The molecule has 2 N–H and O–H groups in total. The van der Waals surface area contributed by atoms with Crippen molar-refractivity contribution in [2.24, 2.45) is 0 Å². The number of likely N-dealkylation sites (tertiary alicyclic amines) is 1. The zero-order valence-corrected chi connectivity index (χ0v) is 11.0. The molecular weight excluding hydrogens is 220 g/mol. The first-order valence-corrected chi connectivity index (χ1v) is 6.24. The van der Waals surface area contributed by atoms with Crippen molar-refractivity contribution in [2.45, 2.75) is 45.3 Å². The summed E-state index contributed by atoms with van der Waals surface area (Å²) in [7, 11) is 0. The van der Waals surface area contributed by atoms with Crippen LogP contribution in [0.2, 0.25) is 0 Å². The van der Waals surface area contributed by atoms with Gasteiger partial charge in [0.2, 0.25) is 0 Å². The van der Waals surface area contributed by atoms with Gasteiger partial charge < -0.3 is 15.2 Å². The molecule has 5 nitrogen and oxygen atoms in total. The number of rotatable bonds is 4. The Bertz CT molecular complexity index is 251. The van der Waals surface area contributed by atoms with Crippen molar-refractivity contribution in [3.8, 4) is 0 Å². The molecule has 0 aromatic carbocycles. The summed E-state index contributed by atoms with van der Waals surface area (Å²) in [6.45, 7) is 8.06. The quantitative estimate of drug-likeness (QED) is 0.773. The zero-order chi connectivity index (χ0) is 12.9. The van der Waals surface area contributed by atoms with E-state index in [4.69, 9.17) is 9.84 Å². The van der Waals surface area contributed by atoms with Crippen LogP contribution in [0.3, 0.4) is 0 Å². The van der Waals surface area contributed by atoms with Gasteiger partial charge in [0.25, 0.3) is 0 Å². The molecule has 1 fully saturated rings. The minimum atomic E-state index is -0.453. The molecule has 1 saturated heterocycles. The summed E-state index contributed by atoms with van der Waals surface area (Å²) in [5, 5.41) is 11.9. The highest BCUT2D eigenvalue weighted by Crippen LogP contribution is 2.15. The highest BCUT2D eigenvalue weighted by Gasteiger charge is 2.23. The first-order chi connectivity index (χ1) is 7.92. The Kier molecular flexibility index (Phi) is 5.21. The van der Waals surface area contributed by atoms with Crippen molar-refractivity contribution in [1.29, 1.82) is 0 Å². The normalized spacial score (nSPS) is 21.5. The molecule has 17 heavy (non-hydrogen) atoms. The van der Waals surface area contributed by atoms with Crippen molar-refractivity contribution >= 4 is 6.09 Å². The molecule has 0 bridgehead atoms. The summed E-state index contributed by atoms with van der Waals surface area (Å²) in [5.41, 5.74) is -0.453. The number of hydrogen-bond donors (Lipinski definition) is 2. The van der Waals surface area contributed by atoms with Crippen LogP contribution in [0.5, 0.6) is 0 Å². The number of nitrogens with zero attached hydrogens (tertiary/aromatic N) is 1. The van der Waals surface area contributed by atoms with Gasteiger partial charge in [-0.05, 0) is 40.2 Å². The van der Waals surface area contributed by atoms with Crippen LogP contribution in [0, 0.1) is 0 Å². The van der Waals surface area contributed by atoms with Crippen LogP contribution in [0.1, 0.15) is 33.6 Å². The molecular formula is C12H24N2O3. The Hall–Kier alpha value is -0.810. The molecule has 0 saturated carbocycles. The number of aliphatic hydroxyl groups is 1. The summed E-state index contributed by atoms with van der Waals surface area (Å²) in [4.78, 5) is 13.6. The number of carbonyl (C=O) groups is 1. The topological polar surface area (TPSA) is 61.8 Å². The Balaban J connectivity index is 2.17. The van der Waals surface area contributed by atoms with Crippen molar-refractivity contribution in [1.82, 2.24) is 10.2 Å². The third kappa shape index (κ3) is 5.37. The van der Waals surface area contributed by atoms with Gasteiger partial charge in [0, 0.05) is 19.1 Å². The van der Waals surface area contributed by atoms with E-state index in [1.807, 2.05) is 20.8 Å². The number of nitrogens with one attached hydrogen (secondary N) is 1. The summed E-state index contributed by atoms with van der Waals surface area (Å²) >= 11 is 0. The number of carbonyl (C=O) groups excluding carboxylic acids is 1. The second kappa shape index (κ2) is 6.21. The highest BCUT2D eigenvalue weighted by molar-refractivity contribution is 5.67. The largest absolute Gasteiger partial charge is 0.444 e. The van der Waals surface area contributed by atoms with Gasteiger partial charge in [0.1, 0.15) is 5.60 Å². The Morgan fingerprint density at radius 1 is 1.53 bits per heavy atom. The molecule has 0 aromatic rings. The predicted octanol–water partition coefficient (Wildman–Crippen LogP) is 0.968. The molecule has 0 unspecified atom stereocenters. The lowest BCUT2D eigenvalue weighted by atomic mass is 10.2. The minimum Gasteiger partial charge on any atom is -0.444 e. The van der Waals surface area contributed by atoms with E-state index in [9.17, 15) is 4.79 Å². The lowest BCUT2D eigenvalue weighted by molar-refractivity contribution is 0.0519. The average molecular weight is 244 g/mol. The smallest absolute Gasteiger partial charge is 0.407 e. The molecule has 0 spiro atoms. The molecule has 100 valence electrons. The Morgan fingerprint density at radius 3 is 2.82 bits per heavy atom. The van der Waals surface area contributed by atoms with Gasteiger partial charge in [-0.15, -0.1) is 0 Å². The fraction of sp³-hybridized carbons (Fsp3) is 0.917. The average Bonchev–Trinajstić information content (AvgIpc) is 2.62. The second-order valence-corrected chi connectivity index (χ2v) is 5.44. The van der Waals surface area contributed by atoms with E-state index >= 15 is 0 Å². The van der Waals surface area contributed by atoms with Gasteiger partial charge in [-0.3, -0.25) is 4.90 Å². The number of aliphatic hydroxyl groups excluding tert-OH is 1. The maximum absolute atomic E-state index is 11.4. The monoisotopic (exact) mass is 244 g/mol. The van der Waals surface area contributed by atoms with Crippen molar-refractivity contribution in [3.63, 3.8) is 0 Å². The maximum Gasteiger partial charge on any atom is 0.407 e. The van der Waals surface area contributed by atoms with Gasteiger partial charge in [-0.2, -0.15) is 0 Å². The van der Waals surface area contributed by atoms with Gasteiger partial charge in [0.05, 0.1) is 6.61 Å². The van der Waals surface area contributed by atoms with Gasteiger partial charge in [-0.1, -0.05) is 0 Å². The SMILES string of the molecule is CC(C)(C)OC(=O)NCCN1CCC[C@H]1CO. The van der Waals surface area contributed by atoms with Crippen LogP contribution >= 0.6 is 0 Å². The first-order valence-electron chi connectivity index (χ1n) is 6.24. The van der Waals surface area contributed by atoms with E-state index < -0.39 is 5.60 Å². The third-order valence-corrected chi connectivity index (χ3v) is 2.78. The van der Waals surface area contributed by atoms with Crippen LogP contribution in [0.4, 0.5) is 4.79 Å². The van der Waals surface area contributed by atoms with E-state index in [1.165, 1.54) is 0 Å². The van der Waals surface area contributed by atoms with Crippen LogP contribution in [-0.4, -0.2) is 54.0 Å². The molecule has 0 aliphatic carbocycles. The molecule has 1 rings (SSSR count). The van der Waals surface area contributed by atoms with Crippen LogP contribution in [0.15, 0.2) is 0 Å². The molecule has 0 aromatic heterocycles. The molecule has 1 aliphatic heterocycles. The van der Waals surface area contributed by atoms with Crippen LogP contribution in [-0.2, 0) is 4.74 Å². The fourth-order valence-electron chi connectivity index (χ4n) is 2.01. The van der Waals surface area contributed by atoms with E-state index in [1.54, 1.807) is 0 Å². The minimum absolute atomic E-state index is 0.201. The van der Waals surface area contributed by atoms with E-state index in [-0.39, 0.29) is 18.7 Å². The third-order valence-electron chi connectivity index (χ3n) is 2.78. The summed E-state index contributed by atoms with van der Waals surface area (Å²) in [6, 6.07) is 0.260. The number of hydrogen-bond acceptors (Lipinski definition) is 4. The van der Waals surface area contributed by atoms with E-state index in [2.05, 4.69) is 10.2 Å². The molecule has 5 heteroatoms. The zero-order valence-electron chi connectivity index (χ0n) is 11.0. The molecule has 1 amide bonds. The Labute approximate surface area is 103 Å². The maximum atomic E-state index is 11.4. The van der Waals surface area contributed by atoms with Crippen molar-refractivity contribution < 1.29 is 14.6 Å². The predicted molar refractivity (Wildman–Crippen MR) is 65.9 cm³/mol. The van der Waals surface area contributed by atoms with Gasteiger partial charge >= 0.3 is 6.09 Å². The summed E-state index contributed by atoms with van der Waals surface area (Å²) < 4.78 is 5.14. The fourth-order valence-corrected chi connectivity index (χ4v) is 2.01. The molecule has 1 aliphatic rings. The van der Waals surface area contributed by atoms with Gasteiger partial charge in [0.15, 0.2) is 0 Å². The van der Waals surface area contributed by atoms with E-state index in [0.29, 0.717) is 6.54 Å². The number of alkyl carbamates (subject to hydrolysis) is 1. The van der Waals surface area contributed by atoms with Crippen molar-refractivity contribution in [2.75, 3.05) is 26.2 Å². The standard InChI is InChI=1S/C12H24N2O3/c1-12(2,3)17-11(16)13-6-8-14-7-4-5-10(14)9-15/h10,15H,4-9H2,1-3H3,(H,13,16)/t10-/m0/s1.